The summed E-state index contributed by atoms with van der Waals surface area (Å²) in [6.07, 6.45) is 1.53. The van der Waals surface area contributed by atoms with Crippen molar-refractivity contribution in [3.05, 3.63) is 29.6 Å². The molecular weight excluding hydrogens is 183 g/mol. The number of aromatic nitrogens is 1. The van der Waals surface area contributed by atoms with E-state index in [4.69, 9.17) is 28.5 Å². The zero-order valence-electron chi connectivity index (χ0n) is 5.46. The van der Waals surface area contributed by atoms with Crippen LogP contribution in [0.2, 0.25) is 0 Å². The fourth-order valence-corrected chi connectivity index (χ4v) is 1.04. The Kier molecular flexibility index (Phi) is 2.70. The van der Waals surface area contributed by atoms with Gasteiger partial charge in [-0.1, -0.05) is 29.3 Å². The highest BCUT2D eigenvalue weighted by Gasteiger charge is 2.08. The van der Waals surface area contributed by atoms with Gasteiger partial charge in [0, 0.05) is 11.8 Å². The second-order valence-electron chi connectivity index (χ2n) is 1.85. The van der Waals surface area contributed by atoms with Gasteiger partial charge in [0.1, 0.15) is 16.6 Å². The van der Waals surface area contributed by atoms with Crippen molar-refractivity contribution in [1.82, 2.24) is 4.98 Å². The van der Waals surface area contributed by atoms with Gasteiger partial charge in [0.2, 0.25) is 0 Å². The zero-order valence-corrected chi connectivity index (χ0v) is 6.97. The fourth-order valence-electron chi connectivity index (χ4n) is 0.687. The Morgan fingerprint density at radius 3 is 2.73 bits per heavy atom. The highest BCUT2D eigenvalue weighted by molar-refractivity contribution is 6.44. The first-order valence-electron chi connectivity index (χ1n) is 2.89. The summed E-state index contributed by atoms with van der Waals surface area (Å²) in [4.78, 5) is 3.11. The summed E-state index contributed by atoms with van der Waals surface area (Å²) in [6.45, 7) is 0. The summed E-state index contributed by atoms with van der Waals surface area (Å²) in [7, 11) is 0. The molecule has 1 rings (SSSR count). The minimum absolute atomic E-state index is 0.280. The minimum Gasteiger partial charge on any atom is -0.245 e. The highest BCUT2D eigenvalue weighted by atomic mass is 35.5. The van der Waals surface area contributed by atoms with Crippen LogP contribution in [0.5, 0.6) is 0 Å². The molecule has 56 valence electrons. The van der Waals surface area contributed by atoms with Crippen LogP contribution in [0.15, 0.2) is 18.3 Å². The third kappa shape index (κ3) is 1.83. The van der Waals surface area contributed by atoms with Crippen molar-refractivity contribution in [2.45, 2.75) is 4.84 Å². The van der Waals surface area contributed by atoms with Gasteiger partial charge in [0.25, 0.3) is 0 Å². The molecule has 2 nitrogen and oxygen atoms in total. The van der Waals surface area contributed by atoms with Gasteiger partial charge in [0.05, 0.1) is 0 Å². The van der Waals surface area contributed by atoms with Gasteiger partial charge in [0.15, 0.2) is 0 Å². The number of pyridine rings is 1. The van der Waals surface area contributed by atoms with Crippen molar-refractivity contribution >= 4 is 23.2 Å². The van der Waals surface area contributed by atoms with E-state index in [9.17, 15) is 0 Å². The van der Waals surface area contributed by atoms with Crippen LogP contribution in [0.3, 0.4) is 0 Å². The van der Waals surface area contributed by atoms with E-state index in [-0.39, 0.29) is 5.69 Å². The predicted molar refractivity (Wildman–Crippen MR) is 43.4 cm³/mol. The molecule has 0 N–H and O–H groups in total. The van der Waals surface area contributed by atoms with Crippen LogP contribution in [0, 0.1) is 11.3 Å². The van der Waals surface area contributed by atoms with Crippen molar-refractivity contribution in [2.75, 3.05) is 0 Å². The first-order chi connectivity index (χ1) is 5.25. The third-order valence-electron chi connectivity index (χ3n) is 1.18. The molecule has 1 aromatic rings. The molecule has 0 bridgehead atoms. The van der Waals surface area contributed by atoms with Crippen molar-refractivity contribution in [1.29, 1.82) is 5.26 Å². The van der Waals surface area contributed by atoms with Crippen LogP contribution in [-0.4, -0.2) is 4.98 Å². The summed E-state index contributed by atoms with van der Waals surface area (Å²) in [6, 6.07) is 5.26. The van der Waals surface area contributed by atoms with Crippen LogP contribution in [0.4, 0.5) is 0 Å². The molecule has 4 heteroatoms. The number of nitriles is 1. The van der Waals surface area contributed by atoms with E-state index in [0.717, 1.165) is 0 Å². The molecule has 0 aliphatic carbocycles. The van der Waals surface area contributed by atoms with Gasteiger partial charge in [-0.2, -0.15) is 5.26 Å². The fraction of sp³-hybridized carbons (Fsp3) is 0.143. The maximum absolute atomic E-state index is 8.54. The molecule has 0 aromatic carbocycles. The largest absolute Gasteiger partial charge is 0.245 e. The molecule has 0 saturated heterocycles. The topological polar surface area (TPSA) is 36.7 Å². The Morgan fingerprint density at radius 1 is 1.55 bits per heavy atom. The Morgan fingerprint density at radius 2 is 2.27 bits per heavy atom. The lowest BCUT2D eigenvalue weighted by Crippen LogP contribution is -1.90. The Labute approximate surface area is 74.4 Å². The molecule has 0 aliphatic heterocycles. The van der Waals surface area contributed by atoms with Crippen LogP contribution in [0.25, 0.3) is 0 Å². The molecule has 11 heavy (non-hydrogen) atoms. The van der Waals surface area contributed by atoms with E-state index in [1.165, 1.54) is 6.20 Å². The summed E-state index contributed by atoms with van der Waals surface area (Å²) in [5.74, 6) is 0. The van der Waals surface area contributed by atoms with Gasteiger partial charge < -0.3 is 0 Å². The van der Waals surface area contributed by atoms with Crippen molar-refractivity contribution in [3.8, 4) is 6.07 Å². The van der Waals surface area contributed by atoms with Crippen molar-refractivity contribution in [2.24, 2.45) is 0 Å². The molecule has 0 aliphatic rings. The number of halogens is 2. The second kappa shape index (κ2) is 3.56. The lowest BCUT2D eigenvalue weighted by atomic mass is 10.2. The zero-order chi connectivity index (χ0) is 8.27. The number of rotatable bonds is 1. The lowest BCUT2D eigenvalue weighted by Gasteiger charge is -2.00. The monoisotopic (exact) mass is 186 g/mol. The number of nitrogens with zero attached hydrogens (tertiary/aromatic N) is 2. The van der Waals surface area contributed by atoms with E-state index in [1.807, 2.05) is 6.07 Å². The van der Waals surface area contributed by atoms with Crippen LogP contribution in [0.1, 0.15) is 16.1 Å². The van der Waals surface area contributed by atoms with Gasteiger partial charge >= 0.3 is 0 Å². The molecule has 0 fully saturated rings. The summed E-state index contributed by atoms with van der Waals surface area (Å²) in [5.41, 5.74) is 0.834. The maximum Gasteiger partial charge on any atom is 0.146 e. The summed E-state index contributed by atoms with van der Waals surface area (Å²) < 4.78 is 0. The Bertz CT molecular complexity index is 291. The molecule has 0 atom stereocenters. The van der Waals surface area contributed by atoms with Crippen LogP contribution < -0.4 is 0 Å². The average molecular weight is 187 g/mol. The van der Waals surface area contributed by atoms with Gasteiger partial charge in [-0.25, -0.2) is 4.98 Å². The Hall–Kier alpha value is -0.780. The lowest BCUT2D eigenvalue weighted by molar-refractivity contribution is 1.18. The molecular formula is C7H4Cl2N2. The minimum atomic E-state index is -0.682. The second-order valence-corrected chi connectivity index (χ2v) is 2.95. The summed E-state index contributed by atoms with van der Waals surface area (Å²) in [5, 5.41) is 8.54. The number of alkyl halides is 2. The van der Waals surface area contributed by atoms with Crippen molar-refractivity contribution < 1.29 is 0 Å². The molecule has 0 saturated carbocycles. The number of hydrogen-bond donors (Lipinski definition) is 0. The van der Waals surface area contributed by atoms with Crippen LogP contribution >= 0.6 is 23.2 Å². The molecule has 0 spiro atoms. The van der Waals surface area contributed by atoms with E-state index >= 15 is 0 Å². The summed E-state index contributed by atoms with van der Waals surface area (Å²) >= 11 is 11.1. The Balaban J connectivity index is 3.15. The first-order valence-corrected chi connectivity index (χ1v) is 3.76. The maximum atomic E-state index is 8.54. The first kappa shape index (κ1) is 8.32. The molecule has 0 radical (unpaired) electrons. The van der Waals surface area contributed by atoms with E-state index < -0.39 is 4.84 Å². The standard InChI is InChI=1S/C7H4Cl2N2/c8-7(9)5-2-1-3-11-6(5)4-10/h1-3,7H. The quantitative estimate of drug-likeness (QED) is 0.633. The van der Waals surface area contributed by atoms with Gasteiger partial charge in [-0.15, -0.1) is 0 Å². The highest BCUT2D eigenvalue weighted by Crippen LogP contribution is 2.25. The van der Waals surface area contributed by atoms with Crippen molar-refractivity contribution in [3.63, 3.8) is 0 Å². The van der Waals surface area contributed by atoms with E-state index in [0.29, 0.717) is 5.56 Å². The van der Waals surface area contributed by atoms with E-state index in [1.54, 1.807) is 12.1 Å². The normalized spacial score (nSPS) is 9.64. The third-order valence-corrected chi connectivity index (χ3v) is 1.65. The molecule has 0 unspecified atom stereocenters. The average Bonchev–Trinajstić information content (AvgIpc) is 2.04. The SMILES string of the molecule is N#Cc1ncccc1C(Cl)Cl. The van der Waals surface area contributed by atoms with E-state index in [2.05, 4.69) is 4.98 Å². The van der Waals surface area contributed by atoms with Crippen LogP contribution in [-0.2, 0) is 0 Å². The van der Waals surface area contributed by atoms with Gasteiger partial charge in [-0.3, -0.25) is 0 Å². The predicted octanol–water partition coefficient (Wildman–Crippen LogP) is 2.43. The molecule has 0 amide bonds. The molecule has 1 heterocycles. The molecule has 1 aromatic heterocycles. The number of hydrogen-bond acceptors (Lipinski definition) is 2. The van der Waals surface area contributed by atoms with Gasteiger partial charge in [-0.05, 0) is 6.07 Å². The smallest absolute Gasteiger partial charge is 0.146 e.